The molecule has 1 aliphatic carbocycles. The van der Waals surface area contributed by atoms with Gasteiger partial charge in [-0.2, -0.15) is 13.5 Å². The molecule has 3 rings (SSSR count). The Balaban J connectivity index is 0.00000243. The maximum Gasteiger partial charge on any atom is 0.337 e. The Hall–Kier alpha value is -1.73. The minimum atomic E-state index is -0.398. The third kappa shape index (κ3) is 3.69. The number of hydrogen-bond donors (Lipinski definition) is 0. The predicted molar refractivity (Wildman–Crippen MR) is 102 cm³/mol. The fraction of sp³-hybridized carbons (Fsp3) is 0.579. The zero-order valence-electron chi connectivity index (χ0n) is 15.5. The van der Waals surface area contributed by atoms with Crippen molar-refractivity contribution in [1.82, 2.24) is 4.90 Å². The van der Waals surface area contributed by atoms with Gasteiger partial charge in [0, 0.05) is 19.2 Å². The van der Waals surface area contributed by atoms with Crippen LogP contribution in [0.3, 0.4) is 0 Å². The van der Waals surface area contributed by atoms with Gasteiger partial charge in [0.2, 0.25) is 5.91 Å². The minimum absolute atomic E-state index is 0. The van der Waals surface area contributed by atoms with Crippen LogP contribution in [0.1, 0.15) is 42.1 Å². The molecule has 0 N–H and O–H groups in total. The second-order valence-corrected chi connectivity index (χ2v) is 6.97. The highest BCUT2D eigenvalue weighted by atomic mass is 32.1. The molecule has 1 saturated carbocycles. The summed E-state index contributed by atoms with van der Waals surface area (Å²) in [4.78, 5) is 26.8. The Morgan fingerprint density at radius 3 is 2.62 bits per heavy atom. The summed E-state index contributed by atoms with van der Waals surface area (Å²) in [5, 5.41) is 0. The Kier molecular flexibility index (Phi) is 6.58. The van der Waals surface area contributed by atoms with Crippen molar-refractivity contribution in [1.29, 1.82) is 0 Å². The molecule has 7 heteroatoms. The number of rotatable bonds is 4. The van der Waals surface area contributed by atoms with Crippen molar-refractivity contribution in [2.45, 2.75) is 38.8 Å². The molecule has 1 aromatic rings. The van der Waals surface area contributed by atoms with Gasteiger partial charge in [-0.25, -0.2) is 4.79 Å². The van der Waals surface area contributed by atoms with Crippen LogP contribution in [-0.4, -0.2) is 50.3 Å². The van der Waals surface area contributed by atoms with Crippen molar-refractivity contribution < 1.29 is 23.8 Å². The third-order valence-corrected chi connectivity index (χ3v) is 5.29. The van der Waals surface area contributed by atoms with Crippen LogP contribution in [0, 0.1) is 5.41 Å². The highest BCUT2D eigenvalue weighted by Crippen LogP contribution is 2.44. The molecule has 26 heavy (non-hydrogen) atoms. The summed E-state index contributed by atoms with van der Waals surface area (Å²) in [6.07, 6.45) is 2.81. The molecule has 1 amide bonds. The first-order valence-corrected chi connectivity index (χ1v) is 8.65. The van der Waals surface area contributed by atoms with Crippen LogP contribution in [0.2, 0.25) is 0 Å². The van der Waals surface area contributed by atoms with Crippen LogP contribution in [0.4, 0.5) is 0 Å². The molecule has 1 aromatic carbocycles. The van der Waals surface area contributed by atoms with Crippen molar-refractivity contribution in [3.63, 3.8) is 0 Å². The maximum atomic E-state index is 13.2. The lowest BCUT2D eigenvalue weighted by Crippen LogP contribution is -2.53. The lowest BCUT2D eigenvalue weighted by atomic mass is 9.68. The summed E-state index contributed by atoms with van der Waals surface area (Å²) in [6.45, 7) is 3.32. The number of nitrogens with zero attached hydrogens (tertiary/aromatic N) is 1. The van der Waals surface area contributed by atoms with E-state index in [-0.39, 0.29) is 30.9 Å². The van der Waals surface area contributed by atoms with E-state index in [4.69, 9.17) is 14.2 Å². The van der Waals surface area contributed by atoms with Crippen LogP contribution in [0.25, 0.3) is 0 Å². The zero-order chi connectivity index (χ0) is 18.0. The molecular formula is C19H27NO5S. The molecule has 1 heterocycles. The number of hydrogen-bond acceptors (Lipinski definition) is 5. The number of esters is 1. The molecule has 0 bridgehead atoms. The Labute approximate surface area is 161 Å². The molecule has 144 valence electrons. The Morgan fingerprint density at radius 1 is 1.31 bits per heavy atom. The zero-order valence-corrected chi connectivity index (χ0v) is 16.5. The summed E-state index contributed by atoms with van der Waals surface area (Å²) in [7, 11) is 3.00. The summed E-state index contributed by atoms with van der Waals surface area (Å²) in [5.74, 6) is 0.381. The number of benzene rings is 1. The normalized spacial score (nSPS) is 20.6. The molecular weight excluding hydrogens is 354 g/mol. The van der Waals surface area contributed by atoms with Crippen LogP contribution < -0.4 is 4.74 Å². The average Bonchev–Trinajstić information content (AvgIpc) is 2.75. The summed E-state index contributed by atoms with van der Waals surface area (Å²) < 4.78 is 15.9. The topological polar surface area (TPSA) is 65.1 Å². The second-order valence-electron chi connectivity index (χ2n) is 6.97. The number of carbonyl (C=O) groups excluding carboxylic acids is 2. The quantitative estimate of drug-likeness (QED) is 0.750. The van der Waals surface area contributed by atoms with Crippen molar-refractivity contribution in [2.24, 2.45) is 5.41 Å². The number of carbonyl (C=O) groups is 2. The lowest BCUT2D eigenvalue weighted by molar-refractivity contribution is -0.155. The highest BCUT2D eigenvalue weighted by molar-refractivity contribution is 7.59. The SMILES string of the molecule is COCC1(C(=O)N2Cc3ccc(C(=O)OC)cc3OC[C@@H]2C)CCC1.S. The Bertz CT molecular complexity index is 674. The molecule has 1 atom stereocenters. The van der Waals surface area contributed by atoms with Gasteiger partial charge in [0.1, 0.15) is 12.4 Å². The molecule has 0 aromatic heterocycles. The Morgan fingerprint density at radius 2 is 2.04 bits per heavy atom. The molecule has 0 unspecified atom stereocenters. The molecule has 1 fully saturated rings. The minimum Gasteiger partial charge on any atom is -0.491 e. The van der Waals surface area contributed by atoms with Gasteiger partial charge < -0.3 is 19.1 Å². The fourth-order valence-corrected chi connectivity index (χ4v) is 3.58. The first-order chi connectivity index (χ1) is 12.0. The van der Waals surface area contributed by atoms with E-state index >= 15 is 0 Å². The summed E-state index contributed by atoms with van der Waals surface area (Å²) in [6, 6.07) is 5.19. The number of amides is 1. The maximum absolute atomic E-state index is 13.2. The third-order valence-electron chi connectivity index (χ3n) is 5.29. The van der Waals surface area contributed by atoms with Crippen molar-refractivity contribution in [2.75, 3.05) is 27.4 Å². The second kappa shape index (κ2) is 8.31. The van der Waals surface area contributed by atoms with Gasteiger partial charge in [-0.05, 0) is 31.9 Å². The number of methoxy groups -OCH3 is 2. The molecule has 0 radical (unpaired) electrons. The highest BCUT2D eigenvalue weighted by Gasteiger charge is 2.47. The van der Waals surface area contributed by atoms with Crippen molar-refractivity contribution in [3.8, 4) is 5.75 Å². The van der Waals surface area contributed by atoms with E-state index in [1.165, 1.54) is 7.11 Å². The molecule has 0 saturated heterocycles. The van der Waals surface area contributed by atoms with Gasteiger partial charge in [0.15, 0.2) is 0 Å². The van der Waals surface area contributed by atoms with E-state index in [2.05, 4.69) is 0 Å². The monoisotopic (exact) mass is 381 g/mol. The van der Waals surface area contributed by atoms with Crippen molar-refractivity contribution in [3.05, 3.63) is 29.3 Å². The van der Waals surface area contributed by atoms with Gasteiger partial charge in [-0.15, -0.1) is 0 Å². The first-order valence-electron chi connectivity index (χ1n) is 8.65. The van der Waals surface area contributed by atoms with E-state index < -0.39 is 5.97 Å². The first kappa shape index (κ1) is 20.6. The number of ether oxygens (including phenoxy) is 3. The van der Waals surface area contributed by atoms with Crippen molar-refractivity contribution >= 4 is 25.4 Å². The van der Waals surface area contributed by atoms with Gasteiger partial charge >= 0.3 is 5.97 Å². The molecule has 1 aliphatic heterocycles. The molecule has 0 spiro atoms. The van der Waals surface area contributed by atoms with E-state index in [0.29, 0.717) is 31.1 Å². The fourth-order valence-electron chi connectivity index (χ4n) is 3.58. The average molecular weight is 381 g/mol. The van der Waals surface area contributed by atoms with Crippen LogP contribution in [0.5, 0.6) is 5.75 Å². The smallest absolute Gasteiger partial charge is 0.337 e. The van der Waals surface area contributed by atoms with Crippen LogP contribution in [0.15, 0.2) is 18.2 Å². The standard InChI is InChI=1S/C19H25NO5.H2S/c1-13-11-25-16-9-14(17(21)24-3)5-6-15(16)10-20(13)18(22)19(12-23-2)7-4-8-19;/h5-6,9,13H,4,7-8,10-12H2,1-3H3;1H2/t13-;/m0./s1. The van der Waals surface area contributed by atoms with Gasteiger partial charge in [-0.1, -0.05) is 12.5 Å². The van der Waals surface area contributed by atoms with E-state index in [0.717, 1.165) is 24.8 Å². The van der Waals surface area contributed by atoms with Gasteiger partial charge in [0.25, 0.3) is 0 Å². The van der Waals surface area contributed by atoms with E-state index in [9.17, 15) is 9.59 Å². The van der Waals surface area contributed by atoms with E-state index in [1.807, 2.05) is 17.9 Å². The lowest BCUT2D eigenvalue weighted by Gasteiger charge is -2.44. The number of fused-ring (bicyclic) bond motifs is 1. The van der Waals surface area contributed by atoms with E-state index in [1.54, 1.807) is 19.2 Å². The largest absolute Gasteiger partial charge is 0.491 e. The summed E-state index contributed by atoms with van der Waals surface area (Å²) in [5.41, 5.74) is 0.959. The predicted octanol–water partition coefficient (Wildman–Crippen LogP) is 2.51. The van der Waals surface area contributed by atoms with Crippen LogP contribution >= 0.6 is 13.5 Å². The molecule has 6 nitrogen and oxygen atoms in total. The molecule has 2 aliphatic rings. The van der Waals surface area contributed by atoms with Gasteiger partial charge in [-0.3, -0.25) is 4.79 Å². The van der Waals surface area contributed by atoms with Crippen LogP contribution in [-0.2, 0) is 20.8 Å². The van der Waals surface area contributed by atoms with Gasteiger partial charge in [0.05, 0.1) is 30.7 Å². The summed E-state index contributed by atoms with van der Waals surface area (Å²) >= 11 is 0.